The van der Waals surface area contributed by atoms with Gasteiger partial charge in [-0.25, -0.2) is 14.4 Å². The van der Waals surface area contributed by atoms with E-state index in [1.54, 1.807) is 14.0 Å². The number of nitrogens with one attached hydrogen (secondary N) is 1. The molecule has 1 aliphatic carbocycles. The number of hydrogen-bond acceptors (Lipinski definition) is 4. The van der Waals surface area contributed by atoms with Crippen LogP contribution in [0.15, 0.2) is 0 Å². The van der Waals surface area contributed by atoms with Gasteiger partial charge in [-0.05, 0) is 39.5 Å². The van der Waals surface area contributed by atoms with E-state index in [1.165, 1.54) is 0 Å². The van der Waals surface area contributed by atoms with E-state index in [1.807, 2.05) is 6.92 Å². The third-order valence-corrected chi connectivity index (χ3v) is 3.49. The first-order valence-corrected chi connectivity index (χ1v) is 6.49. The van der Waals surface area contributed by atoms with Gasteiger partial charge in [0.05, 0.1) is 5.69 Å². The van der Waals surface area contributed by atoms with Gasteiger partial charge in [0.25, 0.3) is 0 Å². The van der Waals surface area contributed by atoms with Crippen molar-refractivity contribution in [1.29, 1.82) is 0 Å². The lowest BCUT2D eigenvalue weighted by Crippen LogP contribution is -2.30. The summed E-state index contributed by atoms with van der Waals surface area (Å²) in [4.78, 5) is 8.61. The predicted octanol–water partition coefficient (Wildman–Crippen LogP) is 2.77. The summed E-state index contributed by atoms with van der Waals surface area (Å²) in [7, 11) is 1.66. The fourth-order valence-corrected chi connectivity index (χ4v) is 2.58. The lowest BCUT2D eigenvalue weighted by molar-refractivity contribution is -0.0458. The zero-order chi connectivity index (χ0) is 13.2. The number of aromatic nitrogens is 2. The van der Waals surface area contributed by atoms with Crippen LogP contribution in [0, 0.1) is 12.7 Å². The van der Waals surface area contributed by atoms with Crippen molar-refractivity contribution in [1.82, 2.24) is 9.97 Å². The topological polar surface area (TPSA) is 47.0 Å². The summed E-state index contributed by atoms with van der Waals surface area (Å²) in [5.41, 5.74) is -0.0472. The van der Waals surface area contributed by atoms with Gasteiger partial charge in [0.15, 0.2) is 17.5 Å². The Morgan fingerprint density at radius 3 is 2.56 bits per heavy atom. The van der Waals surface area contributed by atoms with Crippen molar-refractivity contribution in [3.8, 4) is 0 Å². The van der Waals surface area contributed by atoms with Crippen LogP contribution >= 0.6 is 0 Å². The molecular formula is C13H20FN3O. The lowest BCUT2D eigenvalue weighted by atomic mass is 10.0. The molecule has 5 heteroatoms. The Morgan fingerprint density at radius 2 is 2.00 bits per heavy atom. The maximum Gasteiger partial charge on any atom is 0.186 e. The molecule has 0 unspecified atom stereocenters. The summed E-state index contributed by atoms with van der Waals surface area (Å²) >= 11 is 0. The molecule has 1 N–H and O–H groups in total. The van der Waals surface area contributed by atoms with Gasteiger partial charge < -0.3 is 10.1 Å². The summed E-state index contributed by atoms with van der Waals surface area (Å²) in [5.74, 6) is 0.486. The predicted molar refractivity (Wildman–Crippen MR) is 68.0 cm³/mol. The van der Waals surface area contributed by atoms with E-state index in [2.05, 4.69) is 15.3 Å². The van der Waals surface area contributed by atoms with E-state index >= 15 is 0 Å². The molecule has 0 aromatic carbocycles. The van der Waals surface area contributed by atoms with Crippen LogP contribution in [0.2, 0.25) is 0 Å². The van der Waals surface area contributed by atoms with Crippen LogP contribution in [0.25, 0.3) is 0 Å². The smallest absolute Gasteiger partial charge is 0.186 e. The molecule has 0 atom stereocenters. The van der Waals surface area contributed by atoms with Crippen LogP contribution in [0.4, 0.5) is 10.2 Å². The Labute approximate surface area is 107 Å². The lowest BCUT2D eigenvalue weighted by Gasteiger charge is -2.27. The van der Waals surface area contributed by atoms with Crippen LogP contribution in [0.5, 0.6) is 0 Å². The first kappa shape index (κ1) is 13.2. The van der Waals surface area contributed by atoms with E-state index in [0.717, 1.165) is 25.7 Å². The van der Waals surface area contributed by atoms with Crippen LogP contribution in [0.3, 0.4) is 0 Å². The van der Waals surface area contributed by atoms with Crippen molar-refractivity contribution in [3.05, 3.63) is 17.3 Å². The molecule has 1 aromatic heterocycles. The first-order chi connectivity index (χ1) is 8.63. The highest BCUT2D eigenvalue weighted by atomic mass is 19.1. The first-order valence-electron chi connectivity index (χ1n) is 6.49. The summed E-state index contributed by atoms with van der Waals surface area (Å²) in [6.45, 7) is 4.25. The van der Waals surface area contributed by atoms with E-state index in [0.29, 0.717) is 18.1 Å². The number of halogens is 1. The van der Waals surface area contributed by atoms with Gasteiger partial charge in [-0.15, -0.1) is 0 Å². The van der Waals surface area contributed by atoms with E-state index in [-0.39, 0.29) is 11.6 Å². The van der Waals surface area contributed by atoms with Crippen molar-refractivity contribution in [2.24, 2.45) is 0 Å². The zero-order valence-corrected chi connectivity index (χ0v) is 11.2. The summed E-state index contributed by atoms with van der Waals surface area (Å²) in [5, 5.41) is 2.78. The van der Waals surface area contributed by atoms with E-state index in [9.17, 15) is 4.39 Å². The third-order valence-electron chi connectivity index (χ3n) is 3.49. The zero-order valence-electron chi connectivity index (χ0n) is 11.2. The molecule has 100 valence electrons. The van der Waals surface area contributed by atoms with Gasteiger partial charge in [-0.3, -0.25) is 0 Å². The number of ether oxygens (including phenoxy) is 1. The van der Waals surface area contributed by atoms with Crippen molar-refractivity contribution >= 4 is 5.82 Å². The molecule has 1 saturated carbocycles. The Kier molecular flexibility index (Phi) is 3.80. The Balaban J connectivity index is 2.45. The Morgan fingerprint density at radius 1 is 1.33 bits per heavy atom. The van der Waals surface area contributed by atoms with Crippen molar-refractivity contribution < 1.29 is 9.13 Å². The average molecular weight is 253 g/mol. The fraction of sp³-hybridized carbons (Fsp3) is 0.692. The van der Waals surface area contributed by atoms with Crippen LogP contribution in [-0.4, -0.2) is 23.6 Å². The van der Waals surface area contributed by atoms with Crippen LogP contribution in [0.1, 0.15) is 44.1 Å². The van der Waals surface area contributed by atoms with Gasteiger partial charge in [-0.1, -0.05) is 0 Å². The van der Waals surface area contributed by atoms with Crippen LogP contribution in [-0.2, 0) is 10.3 Å². The summed E-state index contributed by atoms with van der Waals surface area (Å²) in [6, 6.07) is 0. The van der Waals surface area contributed by atoms with Gasteiger partial charge in [0, 0.05) is 13.7 Å². The van der Waals surface area contributed by atoms with Gasteiger partial charge in [0.1, 0.15) is 5.60 Å². The van der Waals surface area contributed by atoms with Crippen LogP contribution < -0.4 is 5.32 Å². The number of nitrogens with zero attached hydrogens (tertiary/aromatic N) is 2. The quantitative estimate of drug-likeness (QED) is 0.896. The normalized spacial score (nSPS) is 18.0. The molecule has 1 aliphatic rings. The Hall–Kier alpha value is -1.23. The molecule has 0 spiro atoms. The molecule has 0 bridgehead atoms. The largest absolute Gasteiger partial charge is 0.371 e. The molecule has 1 aromatic rings. The highest BCUT2D eigenvalue weighted by Gasteiger charge is 2.39. The maximum atomic E-state index is 13.8. The number of rotatable bonds is 4. The van der Waals surface area contributed by atoms with Crippen molar-refractivity contribution in [3.63, 3.8) is 0 Å². The average Bonchev–Trinajstić information content (AvgIpc) is 2.82. The summed E-state index contributed by atoms with van der Waals surface area (Å²) in [6.07, 6.45) is 4.04. The third kappa shape index (κ3) is 2.19. The van der Waals surface area contributed by atoms with E-state index in [4.69, 9.17) is 4.74 Å². The van der Waals surface area contributed by atoms with Gasteiger partial charge in [0.2, 0.25) is 0 Å². The molecule has 0 saturated heterocycles. The second kappa shape index (κ2) is 5.18. The fourth-order valence-electron chi connectivity index (χ4n) is 2.58. The molecule has 0 amide bonds. The highest BCUT2D eigenvalue weighted by molar-refractivity contribution is 5.38. The molecule has 0 aliphatic heterocycles. The summed E-state index contributed by atoms with van der Waals surface area (Å²) < 4.78 is 19.6. The minimum absolute atomic E-state index is 0.253. The molecule has 1 fully saturated rings. The minimum atomic E-state index is -0.418. The Bertz CT molecular complexity index is 430. The van der Waals surface area contributed by atoms with Gasteiger partial charge in [-0.2, -0.15) is 0 Å². The number of hydrogen-bond donors (Lipinski definition) is 1. The van der Waals surface area contributed by atoms with Crippen molar-refractivity contribution in [2.75, 3.05) is 19.0 Å². The molecule has 1 heterocycles. The molecular weight excluding hydrogens is 233 g/mol. The number of aryl methyl sites for hydroxylation is 1. The monoisotopic (exact) mass is 253 g/mol. The van der Waals surface area contributed by atoms with E-state index < -0.39 is 5.60 Å². The standard InChI is InChI=1S/C13H20FN3O/c1-4-18-13(7-5-6-8-13)12-16-9(2)10(14)11(15-3)17-12/h4-8H2,1-3H3,(H,15,16,17). The molecule has 0 radical (unpaired) electrons. The van der Waals surface area contributed by atoms with Gasteiger partial charge >= 0.3 is 0 Å². The number of anilines is 1. The highest BCUT2D eigenvalue weighted by Crippen LogP contribution is 2.41. The second-order valence-corrected chi connectivity index (χ2v) is 4.68. The SMILES string of the molecule is CCOC1(c2nc(C)c(F)c(NC)n2)CCCC1. The minimum Gasteiger partial charge on any atom is -0.371 e. The maximum absolute atomic E-state index is 13.8. The second-order valence-electron chi connectivity index (χ2n) is 4.68. The molecule has 4 nitrogen and oxygen atoms in total. The van der Waals surface area contributed by atoms with Crippen molar-refractivity contribution in [2.45, 2.75) is 45.1 Å². The molecule has 18 heavy (non-hydrogen) atoms. The molecule has 2 rings (SSSR count).